The van der Waals surface area contributed by atoms with Gasteiger partial charge in [0.15, 0.2) is 0 Å². The highest BCUT2D eigenvalue weighted by atomic mass is 16.2. The third-order valence-electron chi connectivity index (χ3n) is 6.87. The molecule has 0 saturated carbocycles. The van der Waals surface area contributed by atoms with Gasteiger partial charge >= 0.3 is 0 Å². The van der Waals surface area contributed by atoms with Crippen LogP contribution < -0.4 is 5.32 Å². The first-order valence-corrected chi connectivity index (χ1v) is 10.9. The number of hydrogen-bond acceptors (Lipinski definition) is 2. The van der Waals surface area contributed by atoms with Crippen molar-refractivity contribution in [2.24, 2.45) is 0 Å². The van der Waals surface area contributed by atoms with Crippen molar-refractivity contribution in [2.75, 3.05) is 0 Å². The maximum atomic E-state index is 13.6. The Morgan fingerprint density at radius 2 is 1.84 bits per heavy atom. The third-order valence-corrected chi connectivity index (χ3v) is 6.87. The number of carbonyl (C=O) groups excluding carboxylic acids is 2. The number of H-pyrrole nitrogens is 1. The van der Waals surface area contributed by atoms with Crippen molar-refractivity contribution >= 4 is 33.6 Å². The molecule has 2 unspecified atom stereocenters. The standard InChI is InChI=1S/C25H24N4O2/c1-2-20-23-17(16-8-4-5-9-18(16)26-23)13-22-24(30)27-19(25(31)29(20)22)14-28-12-11-15-7-3-6-10-21(15)28/h3-12,19-20,22,26H,2,13-14H2,1H3,(H,27,30)/t19?,20?,22-/m0/s1. The fourth-order valence-corrected chi connectivity index (χ4v) is 5.43. The summed E-state index contributed by atoms with van der Waals surface area (Å²) < 4.78 is 2.05. The quantitative estimate of drug-likeness (QED) is 0.541. The van der Waals surface area contributed by atoms with E-state index in [9.17, 15) is 9.59 Å². The molecule has 0 aliphatic carbocycles. The normalized spacial score (nSPS) is 23.1. The second-order valence-corrected chi connectivity index (χ2v) is 8.54. The summed E-state index contributed by atoms with van der Waals surface area (Å²) in [6, 6.07) is 17.2. The van der Waals surface area contributed by atoms with Crippen molar-refractivity contribution in [2.45, 2.75) is 44.4 Å². The van der Waals surface area contributed by atoms with Gasteiger partial charge in [-0.3, -0.25) is 9.59 Å². The largest absolute Gasteiger partial charge is 0.356 e. The molecule has 1 saturated heterocycles. The van der Waals surface area contributed by atoms with E-state index < -0.39 is 12.1 Å². The van der Waals surface area contributed by atoms with E-state index in [1.54, 1.807) is 0 Å². The van der Waals surface area contributed by atoms with Crippen LogP contribution in [0, 0.1) is 0 Å². The number of benzene rings is 2. The van der Waals surface area contributed by atoms with Crippen molar-refractivity contribution in [3.63, 3.8) is 0 Å². The summed E-state index contributed by atoms with van der Waals surface area (Å²) in [6.07, 6.45) is 3.29. The maximum absolute atomic E-state index is 13.6. The van der Waals surface area contributed by atoms with Crippen LogP contribution in [0.2, 0.25) is 0 Å². The maximum Gasteiger partial charge on any atom is 0.248 e. The number of aromatic amines is 1. The van der Waals surface area contributed by atoms with Crippen molar-refractivity contribution in [3.05, 3.63) is 72.1 Å². The third kappa shape index (κ3) is 2.64. The SMILES string of the molecule is CCC1c2[nH]c3ccccc3c2C[C@H]2C(=O)NC(Cn3ccc4ccccc43)C(=O)N12. The van der Waals surface area contributed by atoms with Crippen LogP contribution in [0.5, 0.6) is 0 Å². The number of carbonyl (C=O) groups is 2. The molecule has 2 aliphatic rings. The number of piperazine rings is 1. The van der Waals surface area contributed by atoms with Crippen LogP contribution in [0.25, 0.3) is 21.8 Å². The van der Waals surface area contributed by atoms with Gasteiger partial charge in [0, 0.05) is 34.7 Å². The molecular formula is C25H24N4O2. The van der Waals surface area contributed by atoms with Crippen molar-refractivity contribution in [3.8, 4) is 0 Å². The van der Waals surface area contributed by atoms with Crippen LogP contribution in [-0.4, -0.2) is 38.3 Å². The van der Waals surface area contributed by atoms with Crippen molar-refractivity contribution in [1.29, 1.82) is 0 Å². The Bertz CT molecular complexity index is 1330. The Morgan fingerprint density at radius 1 is 1.03 bits per heavy atom. The lowest BCUT2D eigenvalue weighted by atomic mass is 9.87. The van der Waals surface area contributed by atoms with E-state index >= 15 is 0 Å². The zero-order valence-electron chi connectivity index (χ0n) is 17.3. The van der Waals surface area contributed by atoms with Crippen LogP contribution in [0.15, 0.2) is 60.8 Å². The van der Waals surface area contributed by atoms with Crippen molar-refractivity contribution in [1.82, 2.24) is 19.8 Å². The lowest BCUT2D eigenvalue weighted by Gasteiger charge is -2.46. The molecule has 2 aromatic heterocycles. The number of nitrogens with zero attached hydrogens (tertiary/aromatic N) is 2. The first-order chi connectivity index (χ1) is 15.2. The molecule has 156 valence electrons. The summed E-state index contributed by atoms with van der Waals surface area (Å²) in [4.78, 5) is 32.2. The van der Waals surface area contributed by atoms with E-state index in [0.29, 0.717) is 13.0 Å². The smallest absolute Gasteiger partial charge is 0.248 e. The second-order valence-electron chi connectivity index (χ2n) is 8.54. The first kappa shape index (κ1) is 18.2. The van der Waals surface area contributed by atoms with Gasteiger partial charge in [-0.25, -0.2) is 0 Å². The molecule has 4 heterocycles. The van der Waals surface area contributed by atoms with Gasteiger partial charge in [-0.2, -0.15) is 0 Å². The van der Waals surface area contributed by atoms with E-state index in [0.717, 1.165) is 33.9 Å². The van der Waals surface area contributed by atoms with Gasteiger partial charge in [0.25, 0.3) is 0 Å². The van der Waals surface area contributed by atoms with Crippen LogP contribution >= 0.6 is 0 Å². The molecule has 0 bridgehead atoms. The lowest BCUT2D eigenvalue weighted by molar-refractivity contribution is -0.153. The zero-order chi connectivity index (χ0) is 21.1. The monoisotopic (exact) mass is 412 g/mol. The molecule has 0 spiro atoms. The second kappa shape index (κ2) is 6.74. The molecule has 2 aromatic carbocycles. The number of hydrogen-bond donors (Lipinski definition) is 2. The highest BCUT2D eigenvalue weighted by Crippen LogP contribution is 2.40. The Morgan fingerprint density at radius 3 is 2.71 bits per heavy atom. The Kier molecular flexibility index (Phi) is 3.96. The average Bonchev–Trinajstić information content (AvgIpc) is 3.37. The number of nitrogens with one attached hydrogen (secondary N) is 2. The minimum absolute atomic E-state index is 0.00135. The molecule has 6 nitrogen and oxygen atoms in total. The minimum atomic E-state index is -0.570. The van der Waals surface area contributed by atoms with Crippen LogP contribution in [0.3, 0.4) is 0 Å². The highest BCUT2D eigenvalue weighted by molar-refractivity contribution is 5.99. The summed E-state index contributed by atoms with van der Waals surface area (Å²) in [5, 5.41) is 5.30. The molecule has 2 N–H and O–H groups in total. The van der Waals surface area contributed by atoms with Gasteiger partial charge in [0.1, 0.15) is 12.1 Å². The summed E-state index contributed by atoms with van der Waals surface area (Å²) in [5.41, 5.74) is 4.37. The fourth-order valence-electron chi connectivity index (χ4n) is 5.43. The van der Waals surface area contributed by atoms with Gasteiger partial charge < -0.3 is 19.8 Å². The summed E-state index contributed by atoms with van der Waals surface area (Å²) >= 11 is 0. The molecule has 2 aliphatic heterocycles. The van der Waals surface area contributed by atoms with Gasteiger partial charge in [-0.15, -0.1) is 0 Å². The van der Waals surface area contributed by atoms with Crippen LogP contribution in [0.1, 0.15) is 30.6 Å². The molecule has 1 fully saturated rings. The molecule has 2 amide bonds. The van der Waals surface area contributed by atoms with Crippen molar-refractivity contribution < 1.29 is 9.59 Å². The number of rotatable bonds is 3. The topological polar surface area (TPSA) is 70.1 Å². The zero-order valence-corrected chi connectivity index (χ0v) is 17.3. The molecule has 6 rings (SSSR count). The van der Waals surface area contributed by atoms with E-state index in [1.807, 2.05) is 47.5 Å². The number of para-hydroxylation sites is 2. The molecule has 0 radical (unpaired) electrons. The summed E-state index contributed by atoms with van der Waals surface area (Å²) in [6.45, 7) is 2.51. The highest BCUT2D eigenvalue weighted by Gasteiger charge is 2.47. The number of fused-ring (bicyclic) bond motifs is 5. The summed E-state index contributed by atoms with van der Waals surface area (Å²) in [5.74, 6) is -0.0611. The van der Waals surface area contributed by atoms with Gasteiger partial charge in [0.2, 0.25) is 11.8 Å². The Hall–Kier alpha value is -3.54. The van der Waals surface area contributed by atoms with Gasteiger partial charge in [0.05, 0.1) is 12.6 Å². The predicted octanol–water partition coefficient (Wildman–Crippen LogP) is 3.53. The van der Waals surface area contributed by atoms with Crippen LogP contribution in [-0.2, 0) is 22.6 Å². The first-order valence-electron chi connectivity index (χ1n) is 10.9. The molecule has 6 heteroatoms. The average molecular weight is 412 g/mol. The minimum Gasteiger partial charge on any atom is -0.356 e. The van der Waals surface area contributed by atoms with E-state index in [-0.39, 0.29) is 17.9 Å². The van der Waals surface area contributed by atoms with E-state index in [1.165, 1.54) is 5.56 Å². The molecule has 31 heavy (non-hydrogen) atoms. The predicted molar refractivity (Wildman–Crippen MR) is 120 cm³/mol. The molecular weight excluding hydrogens is 388 g/mol. The van der Waals surface area contributed by atoms with E-state index in [4.69, 9.17) is 0 Å². The number of amides is 2. The Labute approximate surface area is 179 Å². The lowest BCUT2D eigenvalue weighted by Crippen LogP contribution is -2.66. The van der Waals surface area contributed by atoms with Gasteiger partial charge in [-0.05, 0) is 35.6 Å². The van der Waals surface area contributed by atoms with Crippen LogP contribution in [0.4, 0.5) is 0 Å². The summed E-state index contributed by atoms with van der Waals surface area (Å²) in [7, 11) is 0. The molecule has 4 aromatic rings. The van der Waals surface area contributed by atoms with Gasteiger partial charge in [-0.1, -0.05) is 43.3 Å². The van der Waals surface area contributed by atoms with E-state index in [2.05, 4.69) is 40.0 Å². The fraction of sp³-hybridized carbons (Fsp3) is 0.280. The molecule has 3 atom stereocenters. The number of aromatic nitrogens is 2. The Balaban J connectivity index is 1.38.